The minimum atomic E-state index is -3.70. The Bertz CT molecular complexity index is 482. The first-order valence-corrected chi connectivity index (χ1v) is 9.63. The van der Waals surface area contributed by atoms with E-state index in [9.17, 15) is 23.1 Å². The molecule has 1 amide bonds. The van der Waals surface area contributed by atoms with Crippen molar-refractivity contribution >= 4 is 33.7 Å². The summed E-state index contributed by atoms with van der Waals surface area (Å²) in [6, 6.07) is 0. The van der Waals surface area contributed by atoms with Crippen molar-refractivity contribution in [1.29, 1.82) is 0 Å². The lowest BCUT2D eigenvalue weighted by atomic mass is 9.92. The minimum Gasteiger partial charge on any atom is -0.480 e. The van der Waals surface area contributed by atoms with Gasteiger partial charge in [-0.2, -0.15) is 11.8 Å². The lowest BCUT2D eigenvalue weighted by Crippen LogP contribution is -2.58. The van der Waals surface area contributed by atoms with Gasteiger partial charge in [0.05, 0.1) is 0 Å². The number of carboxylic acids is 1. The van der Waals surface area contributed by atoms with Gasteiger partial charge < -0.3 is 10.4 Å². The number of hydrogen-bond acceptors (Lipinski definition) is 5. The Morgan fingerprint density at radius 3 is 2.19 bits per heavy atom. The number of hydrogen-bond donors (Lipinski definition) is 2. The largest absolute Gasteiger partial charge is 0.480 e. The van der Waals surface area contributed by atoms with Gasteiger partial charge in [0, 0.05) is 13.1 Å². The number of nitrogens with one attached hydrogen (secondary N) is 1. The lowest BCUT2D eigenvalue weighted by Gasteiger charge is -2.33. The molecule has 1 heterocycles. The van der Waals surface area contributed by atoms with E-state index in [0.717, 1.165) is 0 Å². The summed E-state index contributed by atoms with van der Waals surface area (Å²) < 4.78 is 25.3. The van der Waals surface area contributed by atoms with Crippen molar-refractivity contribution < 1.29 is 23.1 Å². The average molecular weight is 338 g/mol. The molecule has 0 aromatic rings. The summed E-state index contributed by atoms with van der Waals surface area (Å²) in [5.41, 5.74) is -1.33. The van der Waals surface area contributed by atoms with E-state index >= 15 is 0 Å². The van der Waals surface area contributed by atoms with Crippen LogP contribution in [0, 0.1) is 0 Å². The zero-order valence-electron chi connectivity index (χ0n) is 12.3. The van der Waals surface area contributed by atoms with Gasteiger partial charge in [-0.3, -0.25) is 4.79 Å². The van der Waals surface area contributed by atoms with Crippen LogP contribution in [0.3, 0.4) is 0 Å². The van der Waals surface area contributed by atoms with E-state index < -0.39 is 33.2 Å². The number of rotatable bonds is 7. The normalized spacial score (nSPS) is 18.4. The Hall–Kier alpha value is -0.800. The molecule has 1 fully saturated rings. The topological polar surface area (TPSA) is 104 Å². The number of nitrogens with zero attached hydrogens (tertiary/aromatic N) is 1. The molecule has 1 rings (SSSR count). The number of carbonyl (C=O) groups is 2. The van der Waals surface area contributed by atoms with Gasteiger partial charge in [-0.1, -0.05) is 13.8 Å². The van der Waals surface area contributed by atoms with E-state index in [-0.39, 0.29) is 13.1 Å². The van der Waals surface area contributed by atoms with Crippen LogP contribution in [0.4, 0.5) is 0 Å². The maximum atomic E-state index is 12.0. The predicted molar refractivity (Wildman–Crippen MR) is 81.8 cm³/mol. The number of carbonyl (C=O) groups excluding carboxylic acids is 1. The number of thioether (sulfide) groups is 1. The molecule has 0 saturated carbocycles. The van der Waals surface area contributed by atoms with Crippen LogP contribution >= 0.6 is 11.8 Å². The van der Waals surface area contributed by atoms with E-state index in [1.165, 1.54) is 4.31 Å². The van der Waals surface area contributed by atoms with Crippen molar-refractivity contribution in [3.05, 3.63) is 0 Å². The van der Waals surface area contributed by atoms with E-state index in [2.05, 4.69) is 5.32 Å². The highest BCUT2D eigenvalue weighted by Crippen LogP contribution is 2.27. The highest BCUT2D eigenvalue weighted by Gasteiger charge is 2.42. The van der Waals surface area contributed by atoms with Crippen molar-refractivity contribution in [2.45, 2.75) is 32.2 Å². The van der Waals surface area contributed by atoms with Crippen LogP contribution in [0.2, 0.25) is 0 Å². The molecule has 7 nitrogen and oxygen atoms in total. The summed E-state index contributed by atoms with van der Waals surface area (Å²) >= 11 is 1.63. The Balaban J connectivity index is 2.77. The third-order valence-electron chi connectivity index (χ3n) is 3.55. The van der Waals surface area contributed by atoms with Crippen molar-refractivity contribution in [2.24, 2.45) is 0 Å². The Labute approximate surface area is 129 Å². The van der Waals surface area contributed by atoms with Gasteiger partial charge in [-0.05, 0) is 24.3 Å². The second-order valence-corrected chi connectivity index (χ2v) is 8.08. The maximum absolute atomic E-state index is 12.0. The van der Waals surface area contributed by atoms with Crippen LogP contribution in [0.1, 0.15) is 26.7 Å². The number of carboxylic acid groups (broad SMARTS) is 1. The van der Waals surface area contributed by atoms with E-state index in [0.29, 0.717) is 24.3 Å². The number of sulfonamides is 1. The third-order valence-corrected chi connectivity index (χ3v) is 6.46. The molecule has 0 radical (unpaired) electrons. The van der Waals surface area contributed by atoms with Crippen LogP contribution in [0.25, 0.3) is 0 Å². The summed E-state index contributed by atoms with van der Waals surface area (Å²) in [6.07, 6.45) is 0.619. The summed E-state index contributed by atoms with van der Waals surface area (Å²) in [5, 5.41) is 11.8. The number of amides is 1. The first kappa shape index (κ1) is 18.2. The average Bonchev–Trinajstić information content (AvgIpc) is 2.39. The second-order valence-electron chi connectivity index (χ2n) is 4.89. The molecular weight excluding hydrogens is 316 g/mol. The summed E-state index contributed by atoms with van der Waals surface area (Å²) in [4.78, 5) is 23.4. The van der Waals surface area contributed by atoms with Crippen LogP contribution < -0.4 is 5.32 Å². The molecule has 1 aliphatic rings. The summed E-state index contributed by atoms with van der Waals surface area (Å²) in [6.45, 7) is 3.95. The SMILES string of the molecule is CCN(CC)S(=O)(=O)CC(=O)NC1(C(=O)O)CCSCC1. The molecule has 1 aliphatic heterocycles. The Kier molecular flexibility index (Phi) is 6.48. The fourth-order valence-corrected chi connectivity index (χ4v) is 4.85. The second kappa shape index (κ2) is 7.46. The molecule has 9 heteroatoms. The first-order valence-electron chi connectivity index (χ1n) is 6.87. The molecule has 0 aromatic heterocycles. The van der Waals surface area contributed by atoms with Gasteiger partial charge in [0.1, 0.15) is 11.3 Å². The van der Waals surface area contributed by atoms with Crippen LogP contribution in [0.15, 0.2) is 0 Å². The molecule has 0 atom stereocenters. The van der Waals surface area contributed by atoms with E-state index in [4.69, 9.17) is 0 Å². The molecular formula is C12H22N2O5S2. The van der Waals surface area contributed by atoms with Crippen molar-refractivity contribution in [3.8, 4) is 0 Å². The highest BCUT2D eigenvalue weighted by atomic mass is 32.2. The standard InChI is InChI=1S/C12H22N2O5S2/c1-3-14(4-2)21(18,19)9-10(15)13-12(11(16)17)5-7-20-8-6-12/h3-9H2,1-2H3,(H,13,15)(H,16,17). The van der Waals surface area contributed by atoms with Crippen molar-refractivity contribution in [3.63, 3.8) is 0 Å². The Morgan fingerprint density at radius 1 is 1.24 bits per heavy atom. The zero-order chi connectivity index (χ0) is 16.1. The van der Waals surface area contributed by atoms with Gasteiger partial charge in [-0.15, -0.1) is 0 Å². The smallest absolute Gasteiger partial charge is 0.329 e. The quantitative estimate of drug-likeness (QED) is 0.683. The molecule has 0 bridgehead atoms. The van der Waals surface area contributed by atoms with Gasteiger partial charge >= 0.3 is 5.97 Å². The fourth-order valence-electron chi connectivity index (χ4n) is 2.29. The van der Waals surface area contributed by atoms with Gasteiger partial charge in [0.15, 0.2) is 0 Å². The molecule has 0 aliphatic carbocycles. The molecule has 0 spiro atoms. The fraction of sp³-hybridized carbons (Fsp3) is 0.833. The zero-order valence-corrected chi connectivity index (χ0v) is 13.9. The molecule has 0 unspecified atom stereocenters. The summed E-state index contributed by atoms with van der Waals surface area (Å²) in [7, 11) is -3.70. The van der Waals surface area contributed by atoms with Gasteiger partial charge in [-0.25, -0.2) is 17.5 Å². The van der Waals surface area contributed by atoms with Gasteiger partial charge in [0.25, 0.3) is 0 Å². The van der Waals surface area contributed by atoms with Crippen LogP contribution in [-0.2, 0) is 19.6 Å². The molecule has 0 aromatic carbocycles. The number of aliphatic carboxylic acids is 1. The minimum absolute atomic E-state index is 0.285. The third kappa shape index (κ3) is 4.58. The van der Waals surface area contributed by atoms with Gasteiger partial charge in [0.2, 0.25) is 15.9 Å². The highest BCUT2D eigenvalue weighted by molar-refractivity contribution is 7.99. The van der Waals surface area contributed by atoms with E-state index in [1.54, 1.807) is 25.6 Å². The first-order chi connectivity index (χ1) is 9.77. The van der Waals surface area contributed by atoms with Crippen LogP contribution in [-0.4, -0.2) is 65.6 Å². The van der Waals surface area contributed by atoms with Crippen molar-refractivity contribution in [2.75, 3.05) is 30.3 Å². The molecule has 2 N–H and O–H groups in total. The lowest BCUT2D eigenvalue weighted by molar-refractivity contribution is -0.147. The van der Waals surface area contributed by atoms with Crippen LogP contribution in [0.5, 0.6) is 0 Å². The van der Waals surface area contributed by atoms with E-state index in [1.807, 2.05) is 0 Å². The molecule has 122 valence electrons. The Morgan fingerprint density at radius 2 is 1.76 bits per heavy atom. The summed E-state index contributed by atoms with van der Waals surface area (Å²) in [5.74, 6) is -1.30. The monoisotopic (exact) mass is 338 g/mol. The van der Waals surface area contributed by atoms with Crippen molar-refractivity contribution in [1.82, 2.24) is 9.62 Å². The molecule has 1 saturated heterocycles. The predicted octanol–water partition coefficient (Wildman–Crippen LogP) is 0.125. The molecule has 21 heavy (non-hydrogen) atoms. The maximum Gasteiger partial charge on any atom is 0.329 e.